The van der Waals surface area contributed by atoms with Gasteiger partial charge in [0, 0.05) is 13.0 Å². The Labute approximate surface area is 160 Å². The van der Waals surface area contributed by atoms with E-state index in [1.54, 1.807) is 30.4 Å². The van der Waals surface area contributed by atoms with Gasteiger partial charge in [0.2, 0.25) is 17.8 Å². The summed E-state index contributed by atoms with van der Waals surface area (Å²) >= 11 is 0. The van der Waals surface area contributed by atoms with Crippen molar-refractivity contribution >= 4 is 17.8 Å². The van der Waals surface area contributed by atoms with Gasteiger partial charge in [0.05, 0.1) is 31.4 Å². The van der Waals surface area contributed by atoms with Gasteiger partial charge in [-0.25, -0.2) is 0 Å². The van der Waals surface area contributed by atoms with Crippen LogP contribution in [0.5, 0.6) is 5.75 Å². The van der Waals surface area contributed by atoms with E-state index in [0.717, 1.165) is 5.56 Å². The lowest BCUT2D eigenvalue weighted by Gasteiger charge is -2.14. The number of H-pyrrole nitrogens is 1. The first-order valence-corrected chi connectivity index (χ1v) is 8.81. The van der Waals surface area contributed by atoms with Crippen molar-refractivity contribution < 1.29 is 18.7 Å². The molecule has 1 aliphatic heterocycles. The van der Waals surface area contributed by atoms with E-state index < -0.39 is 5.92 Å². The zero-order valence-electron chi connectivity index (χ0n) is 15.2. The summed E-state index contributed by atoms with van der Waals surface area (Å²) in [5.74, 6) is 1.13. The Morgan fingerprint density at radius 1 is 1.36 bits per heavy atom. The number of amides is 2. The van der Waals surface area contributed by atoms with Gasteiger partial charge in [0.25, 0.3) is 0 Å². The first-order valence-electron chi connectivity index (χ1n) is 8.81. The molecule has 144 valence electrons. The van der Waals surface area contributed by atoms with Crippen LogP contribution in [0.3, 0.4) is 0 Å². The molecular formula is C19H19N5O4. The highest BCUT2D eigenvalue weighted by Crippen LogP contribution is 2.27. The normalized spacial score (nSPS) is 16.4. The van der Waals surface area contributed by atoms with Crippen LogP contribution >= 0.6 is 0 Å². The maximum atomic E-state index is 12.5. The molecule has 2 aromatic heterocycles. The highest BCUT2D eigenvalue weighted by atomic mass is 16.5. The summed E-state index contributed by atoms with van der Waals surface area (Å²) in [6.45, 7) is 0.684. The molecule has 0 radical (unpaired) electrons. The zero-order valence-corrected chi connectivity index (χ0v) is 15.2. The van der Waals surface area contributed by atoms with Crippen LogP contribution in [-0.4, -0.2) is 45.6 Å². The number of rotatable bonds is 6. The summed E-state index contributed by atoms with van der Waals surface area (Å²) in [6, 6.07) is 10.9. The van der Waals surface area contributed by atoms with Gasteiger partial charge in [-0.2, -0.15) is 4.98 Å². The number of carbonyl (C=O) groups excluding carboxylic acids is 2. The lowest BCUT2D eigenvalue weighted by Crippen LogP contribution is -2.28. The minimum absolute atomic E-state index is 0.0822. The summed E-state index contributed by atoms with van der Waals surface area (Å²) in [5.41, 5.74) is 0.735. The molecule has 2 amide bonds. The number of aromatic amines is 1. The number of aromatic nitrogens is 3. The minimum atomic E-state index is -0.462. The van der Waals surface area contributed by atoms with Crippen molar-refractivity contribution in [1.29, 1.82) is 0 Å². The van der Waals surface area contributed by atoms with Crippen LogP contribution in [0.2, 0.25) is 0 Å². The van der Waals surface area contributed by atoms with Crippen LogP contribution in [0, 0.1) is 5.92 Å². The molecule has 3 aromatic rings. The molecule has 0 aliphatic carbocycles. The fraction of sp³-hybridized carbons (Fsp3) is 0.263. The highest BCUT2D eigenvalue weighted by molar-refractivity contribution is 5.96. The lowest BCUT2D eigenvalue weighted by atomic mass is 10.1. The number of nitrogens with one attached hydrogen (secondary N) is 2. The molecule has 0 bridgehead atoms. The average molecular weight is 381 g/mol. The Bertz CT molecular complexity index is 982. The molecular weight excluding hydrogens is 362 g/mol. The van der Waals surface area contributed by atoms with Gasteiger partial charge in [-0.15, -0.1) is 5.10 Å². The minimum Gasteiger partial charge on any atom is -0.496 e. The van der Waals surface area contributed by atoms with Crippen LogP contribution in [0.1, 0.15) is 12.2 Å². The van der Waals surface area contributed by atoms with Crippen molar-refractivity contribution in [3.8, 4) is 17.1 Å². The Morgan fingerprint density at radius 2 is 2.21 bits per heavy atom. The van der Waals surface area contributed by atoms with Crippen LogP contribution in [0.4, 0.5) is 5.95 Å². The van der Waals surface area contributed by atoms with E-state index in [1.165, 1.54) is 0 Å². The zero-order chi connectivity index (χ0) is 19.5. The van der Waals surface area contributed by atoms with Gasteiger partial charge < -0.3 is 14.1 Å². The Hall–Kier alpha value is -3.62. The number of furan rings is 1. The SMILES string of the molecule is COc1ccccc1-c1nc(NC(=O)[C@@H]2CC(=O)N(Cc3ccco3)C2)n[nH]1. The molecule has 4 rings (SSSR count). The second kappa shape index (κ2) is 7.55. The summed E-state index contributed by atoms with van der Waals surface area (Å²) in [5, 5.41) is 9.51. The number of anilines is 1. The smallest absolute Gasteiger partial charge is 0.249 e. The number of benzene rings is 1. The largest absolute Gasteiger partial charge is 0.496 e. The van der Waals surface area contributed by atoms with E-state index in [0.29, 0.717) is 30.4 Å². The van der Waals surface area contributed by atoms with E-state index >= 15 is 0 Å². The third kappa shape index (κ3) is 3.59. The Kier molecular flexibility index (Phi) is 4.79. The predicted molar refractivity (Wildman–Crippen MR) is 99.2 cm³/mol. The monoisotopic (exact) mass is 381 g/mol. The van der Waals surface area contributed by atoms with Gasteiger partial charge in [-0.3, -0.25) is 20.0 Å². The molecule has 9 nitrogen and oxygen atoms in total. The van der Waals surface area contributed by atoms with Crippen molar-refractivity contribution in [2.45, 2.75) is 13.0 Å². The first kappa shape index (κ1) is 17.8. The summed E-state index contributed by atoms with van der Waals surface area (Å²) < 4.78 is 10.6. The molecule has 28 heavy (non-hydrogen) atoms. The topological polar surface area (TPSA) is 113 Å². The summed E-state index contributed by atoms with van der Waals surface area (Å²) in [6.07, 6.45) is 1.71. The van der Waals surface area contributed by atoms with Crippen LogP contribution in [-0.2, 0) is 16.1 Å². The Morgan fingerprint density at radius 3 is 3.00 bits per heavy atom. The van der Waals surface area contributed by atoms with Crippen LogP contribution in [0.15, 0.2) is 47.1 Å². The number of hydrogen-bond acceptors (Lipinski definition) is 6. The molecule has 0 saturated carbocycles. The number of para-hydroxylation sites is 1. The molecule has 3 heterocycles. The van der Waals surface area contributed by atoms with Gasteiger partial charge in [0.15, 0.2) is 5.82 Å². The van der Waals surface area contributed by atoms with Gasteiger partial charge >= 0.3 is 0 Å². The molecule has 2 N–H and O–H groups in total. The molecule has 1 aromatic carbocycles. The van der Waals surface area contributed by atoms with Gasteiger partial charge in [0.1, 0.15) is 11.5 Å². The average Bonchev–Trinajstić information content (AvgIpc) is 3.45. The van der Waals surface area contributed by atoms with E-state index in [4.69, 9.17) is 9.15 Å². The van der Waals surface area contributed by atoms with Crippen molar-refractivity contribution in [1.82, 2.24) is 20.1 Å². The number of methoxy groups -OCH3 is 1. The van der Waals surface area contributed by atoms with Gasteiger partial charge in [-0.1, -0.05) is 12.1 Å². The van der Waals surface area contributed by atoms with Crippen molar-refractivity contribution in [2.75, 3.05) is 19.0 Å². The molecule has 0 unspecified atom stereocenters. The van der Waals surface area contributed by atoms with Crippen molar-refractivity contribution in [3.63, 3.8) is 0 Å². The number of hydrogen-bond donors (Lipinski definition) is 2. The first-order chi connectivity index (χ1) is 13.6. The predicted octanol–water partition coefficient (Wildman–Crippen LogP) is 2.06. The third-order valence-electron chi connectivity index (χ3n) is 4.59. The van der Waals surface area contributed by atoms with E-state index in [2.05, 4.69) is 20.5 Å². The lowest BCUT2D eigenvalue weighted by molar-refractivity contribution is -0.128. The number of ether oxygens (including phenoxy) is 1. The maximum absolute atomic E-state index is 12.5. The quantitative estimate of drug-likeness (QED) is 0.676. The van der Waals surface area contributed by atoms with Crippen molar-refractivity contribution in [3.05, 3.63) is 48.4 Å². The molecule has 1 fully saturated rings. The number of carbonyl (C=O) groups is 2. The molecule has 9 heteroatoms. The van der Waals surface area contributed by atoms with E-state index in [-0.39, 0.29) is 24.2 Å². The van der Waals surface area contributed by atoms with E-state index in [1.807, 2.05) is 24.3 Å². The molecule has 1 atom stereocenters. The molecule has 0 spiro atoms. The fourth-order valence-corrected chi connectivity index (χ4v) is 3.18. The van der Waals surface area contributed by atoms with Crippen molar-refractivity contribution in [2.24, 2.45) is 5.92 Å². The second-order valence-corrected chi connectivity index (χ2v) is 6.45. The number of likely N-dealkylation sites (tertiary alicyclic amines) is 1. The fourth-order valence-electron chi connectivity index (χ4n) is 3.18. The van der Waals surface area contributed by atoms with Crippen LogP contribution < -0.4 is 10.1 Å². The third-order valence-corrected chi connectivity index (χ3v) is 4.59. The number of nitrogens with zero attached hydrogens (tertiary/aromatic N) is 3. The molecule has 1 saturated heterocycles. The standard InChI is InChI=1S/C19H19N5O4/c1-27-15-7-3-2-6-14(15)17-20-19(23-22-17)21-18(26)12-9-16(25)24(10-12)11-13-5-4-8-28-13/h2-8,12H,9-11H2,1H3,(H2,20,21,22,23,26)/t12-/m1/s1. The van der Waals surface area contributed by atoms with E-state index in [9.17, 15) is 9.59 Å². The maximum Gasteiger partial charge on any atom is 0.249 e. The second-order valence-electron chi connectivity index (χ2n) is 6.45. The summed E-state index contributed by atoms with van der Waals surface area (Å²) in [7, 11) is 1.57. The van der Waals surface area contributed by atoms with Crippen LogP contribution in [0.25, 0.3) is 11.4 Å². The Balaban J connectivity index is 1.40. The summed E-state index contributed by atoms with van der Waals surface area (Å²) in [4.78, 5) is 30.6. The highest BCUT2D eigenvalue weighted by Gasteiger charge is 2.35. The molecule has 1 aliphatic rings. The van der Waals surface area contributed by atoms with Gasteiger partial charge in [-0.05, 0) is 24.3 Å².